The van der Waals surface area contributed by atoms with Crippen LogP contribution in [-0.4, -0.2) is 37.2 Å². The quantitative estimate of drug-likeness (QED) is 0.852. The standard InChI is InChI=1S/C21H23F2N3O3/c1-12-4-6-25(14-3-5-24-10-14)21(28)20(12)26-11-13(7-18(26)27)19-16(22)8-15(29-2)9-17(19)23/h4,6,8-9,13-14,24H,3,5,7,10-11H2,1-2H3/t13-,14?/m0/s1. The summed E-state index contributed by atoms with van der Waals surface area (Å²) in [5, 5.41) is 3.23. The van der Waals surface area contributed by atoms with Crippen molar-refractivity contribution in [2.75, 3.05) is 31.6 Å². The van der Waals surface area contributed by atoms with Crippen molar-refractivity contribution in [3.63, 3.8) is 0 Å². The highest BCUT2D eigenvalue weighted by molar-refractivity contribution is 5.97. The van der Waals surface area contributed by atoms with Gasteiger partial charge in [-0.05, 0) is 31.5 Å². The maximum atomic E-state index is 14.5. The number of rotatable bonds is 4. The second-order valence-electron chi connectivity index (χ2n) is 7.62. The van der Waals surface area contributed by atoms with Gasteiger partial charge >= 0.3 is 0 Å². The summed E-state index contributed by atoms with van der Waals surface area (Å²) >= 11 is 0. The van der Waals surface area contributed by atoms with E-state index in [9.17, 15) is 18.4 Å². The first kappa shape index (κ1) is 19.6. The van der Waals surface area contributed by atoms with E-state index in [1.165, 1.54) is 12.0 Å². The van der Waals surface area contributed by atoms with Gasteiger partial charge in [0.1, 0.15) is 23.1 Å². The molecule has 2 atom stereocenters. The topological polar surface area (TPSA) is 63.6 Å². The van der Waals surface area contributed by atoms with Gasteiger partial charge in [0.25, 0.3) is 5.56 Å². The van der Waals surface area contributed by atoms with Gasteiger partial charge in [-0.15, -0.1) is 0 Å². The number of methoxy groups -OCH3 is 1. The number of ether oxygens (including phenoxy) is 1. The van der Waals surface area contributed by atoms with Crippen molar-refractivity contribution in [3.05, 3.63) is 57.5 Å². The Morgan fingerprint density at radius 1 is 1.21 bits per heavy atom. The van der Waals surface area contributed by atoms with E-state index in [0.29, 0.717) is 17.8 Å². The zero-order valence-corrected chi connectivity index (χ0v) is 16.4. The Bertz CT molecular complexity index is 992. The summed E-state index contributed by atoms with van der Waals surface area (Å²) in [7, 11) is 1.33. The summed E-state index contributed by atoms with van der Waals surface area (Å²) in [5.41, 5.74) is 0.571. The van der Waals surface area contributed by atoms with Crippen LogP contribution in [0.15, 0.2) is 29.2 Å². The first-order valence-electron chi connectivity index (χ1n) is 9.66. The number of benzene rings is 1. The molecular weight excluding hydrogens is 380 g/mol. The number of nitrogens with zero attached hydrogens (tertiary/aromatic N) is 2. The number of aromatic nitrogens is 1. The fourth-order valence-corrected chi connectivity index (χ4v) is 4.31. The fourth-order valence-electron chi connectivity index (χ4n) is 4.31. The summed E-state index contributed by atoms with van der Waals surface area (Å²) in [4.78, 5) is 27.3. The largest absolute Gasteiger partial charge is 0.497 e. The predicted octanol–water partition coefficient (Wildman–Crippen LogP) is 2.50. The Kier molecular flexibility index (Phi) is 5.12. The van der Waals surface area contributed by atoms with Gasteiger partial charge < -0.3 is 19.5 Å². The van der Waals surface area contributed by atoms with Crippen LogP contribution in [0.1, 0.15) is 35.9 Å². The number of carbonyl (C=O) groups is 1. The summed E-state index contributed by atoms with van der Waals surface area (Å²) in [6.07, 6.45) is 2.53. The number of carbonyl (C=O) groups excluding carboxylic acids is 1. The Labute approximate surface area is 167 Å². The van der Waals surface area contributed by atoms with E-state index in [1.54, 1.807) is 17.7 Å². The molecule has 2 saturated heterocycles. The lowest BCUT2D eigenvalue weighted by atomic mass is 9.97. The average Bonchev–Trinajstić information content (AvgIpc) is 3.32. The minimum Gasteiger partial charge on any atom is -0.497 e. The van der Waals surface area contributed by atoms with Gasteiger partial charge in [-0.25, -0.2) is 8.78 Å². The normalized spacial score (nSPS) is 21.8. The average molecular weight is 403 g/mol. The molecule has 1 aromatic carbocycles. The number of aryl methyl sites for hydroxylation is 1. The summed E-state index contributed by atoms with van der Waals surface area (Å²) < 4.78 is 35.6. The van der Waals surface area contributed by atoms with Gasteiger partial charge in [0.2, 0.25) is 5.91 Å². The van der Waals surface area contributed by atoms with Crippen molar-refractivity contribution < 1.29 is 18.3 Å². The Morgan fingerprint density at radius 3 is 2.55 bits per heavy atom. The summed E-state index contributed by atoms with van der Waals surface area (Å²) in [6.45, 7) is 3.35. The van der Waals surface area contributed by atoms with Gasteiger partial charge in [0.05, 0.1) is 13.2 Å². The highest BCUT2D eigenvalue weighted by Gasteiger charge is 2.37. The van der Waals surface area contributed by atoms with Crippen molar-refractivity contribution in [3.8, 4) is 5.75 Å². The molecule has 1 amide bonds. The van der Waals surface area contributed by atoms with Crippen molar-refractivity contribution >= 4 is 11.6 Å². The third-order valence-electron chi connectivity index (χ3n) is 5.81. The minimum atomic E-state index is -0.749. The molecule has 1 unspecified atom stereocenters. The Balaban J connectivity index is 1.69. The molecule has 0 saturated carbocycles. The molecule has 29 heavy (non-hydrogen) atoms. The zero-order valence-electron chi connectivity index (χ0n) is 16.4. The number of halogens is 2. The molecule has 0 radical (unpaired) electrons. The van der Waals surface area contributed by atoms with Crippen molar-refractivity contribution in [1.29, 1.82) is 0 Å². The monoisotopic (exact) mass is 403 g/mol. The number of anilines is 1. The molecule has 0 bridgehead atoms. The van der Waals surface area contributed by atoms with Crippen molar-refractivity contribution in [2.24, 2.45) is 0 Å². The van der Waals surface area contributed by atoms with E-state index in [4.69, 9.17) is 4.74 Å². The molecule has 8 heteroatoms. The van der Waals surface area contributed by atoms with Crippen molar-refractivity contribution in [1.82, 2.24) is 9.88 Å². The van der Waals surface area contributed by atoms with Crippen LogP contribution in [0.2, 0.25) is 0 Å². The second kappa shape index (κ2) is 7.59. The molecule has 154 valence electrons. The number of hydrogen-bond acceptors (Lipinski definition) is 4. The molecule has 0 spiro atoms. The smallest absolute Gasteiger partial charge is 0.275 e. The molecule has 2 fully saturated rings. The summed E-state index contributed by atoms with van der Waals surface area (Å²) in [5.74, 6) is -2.40. The molecule has 3 heterocycles. The SMILES string of the molecule is COc1cc(F)c([C@H]2CC(=O)N(c3c(C)ccn(C4CCNC4)c3=O)C2)c(F)c1. The predicted molar refractivity (Wildman–Crippen MR) is 105 cm³/mol. The van der Waals surface area contributed by atoms with Crippen LogP contribution in [0.25, 0.3) is 0 Å². The third kappa shape index (κ3) is 3.42. The lowest BCUT2D eigenvalue weighted by molar-refractivity contribution is -0.117. The van der Waals surface area contributed by atoms with Gasteiger partial charge in [-0.1, -0.05) is 0 Å². The van der Waals surface area contributed by atoms with Gasteiger partial charge in [-0.2, -0.15) is 0 Å². The van der Waals surface area contributed by atoms with Gasteiger partial charge in [0.15, 0.2) is 0 Å². The van der Waals surface area contributed by atoms with Crippen LogP contribution in [0.4, 0.5) is 14.5 Å². The lowest BCUT2D eigenvalue weighted by Gasteiger charge is -2.22. The number of amides is 1. The van der Waals surface area contributed by atoms with Crippen LogP contribution in [0.5, 0.6) is 5.75 Å². The van der Waals surface area contributed by atoms with E-state index in [2.05, 4.69) is 5.32 Å². The third-order valence-corrected chi connectivity index (χ3v) is 5.81. The summed E-state index contributed by atoms with van der Waals surface area (Å²) in [6, 6.07) is 4.06. The molecule has 2 aliphatic rings. The van der Waals surface area contributed by atoms with Crippen LogP contribution in [-0.2, 0) is 4.79 Å². The molecule has 4 rings (SSSR count). The van der Waals surface area contributed by atoms with E-state index < -0.39 is 17.6 Å². The first-order chi connectivity index (χ1) is 13.9. The maximum Gasteiger partial charge on any atom is 0.275 e. The molecule has 2 aliphatic heterocycles. The van der Waals surface area contributed by atoms with E-state index in [0.717, 1.165) is 25.1 Å². The molecule has 1 aromatic heterocycles. The Hall–Kier alpha value is -2.74. The fraction of sp³-hybridized carbons (Fsp3) is 0.429. The second-order valence-corrected chi connectivity index (χ2v) is 7.62. The van der Waals surface area contributed by atoms with Crippen LogP contribution < -0.4 is 20.5 Å². The highest BCUT2D eigenvalue weighted by Crippen LogP contribution is 2.36. The number of hydrogen-bond donors (Lipinski definition) is 1. The van der Waals surface area contributed by atoms with Crippen LogP contribution >= 0.6 is 0 Å². The molecule has 1 N–H and O–H groups in total. The van der Waals surface area contributed by atoms with E-state index in [-0.39, 0.29) is 41.8 Å². The maximum absolute atomic E-state index is 14.5. The minimum absolute atomic E-state index is 0.0341. The first-order valence-corrected chi connectivity index (χ1v) is 9.66. The van der Waals surface area contributed by atoms with Crippen LogP contribution in [0, 0.1) is 18.6 Å². The van der Waals surface area contributed by atoms with Gasteiger partial charge in [0, 0.05) is 49.3 Å². The highest BCUT2D eigenvalue weighted by atomic mass is 19.1. The van der Waals surface area contributed by atoms with E-state index in [1.807, 2.05) is 6.07 Å². The zero-order chi connectivity index (χ0) is 20.7. The van der Waals surface area contributed by atoms with Gasteiger partial charge in [-0.3, -0.25) is 9.59 Å². The number of pyridine rings is 1. The van der Waals surface area contributed by atoms with Crippen molar-refractivity contribution in [2.45, 2.75) is 31.7 Å². The molecule has 2 aromatic rings. The number of nitrogens with one attached hydrogen (secondary N) is 1. The van der Waals surface area contributed by atoms with E-state index >= 15 is 0 Å². The molecule has 6 nitrogen and oxygen atoms in total. The molecular formula is C21H23F2N3O3. The molecule has 0 aliphatic carbocycles. The lowest BCUT2D eigenvalue weighted by Crippen LogP contribution is -2.35. The Morgan fingerprint density at radius 2 is 1.93 bits per heavy atom. The van der Waals surface area contributed by atoms with Crippen LogP contribution in [0.3, 0.4) is 0 Å².